The quantitative estimate of drug-likeness (QED) is 0.658. The van der Waals surface area contributed by atoms with E-state index in [9.17, 15) is 14.5 Å². The van der Waals surface area contributed by atoms with Crippen molar-refractivity contribution < 1.29 is 9.31 Å². The summed E-state index contributed by atoms with van der Waals surface area (Å²) < 4.78 is 15.3. The number of hydrogen-bond donors (Lipinski definition) is 1. The SMILES string of the molecule is CCc1nn(C)cc1CNc1cc(F)c(Br)cc1[N+](=O)[O-]. The first-order chi connectivity index (χ1) is 9.92. The van der Waals surface area contributed by atoms with Gasteiger partial charge < -0.3 is 5.32 Å². The fourth-order valence-electron chi connectivity index (χ4n) is 2.05. The minimum Gasteiger partial charge on any atom is -0.375 e. The summed E-state index contributed by atoms with van der Waals surface area (Å²) in [5.74, 6) is -0.551. The van der Waals surface area contributed by atoms with Crippen LogP contribution in [0, 0.1) is 15.9 Å². The number of rotatable bonds is 5. The summed E-state index contributed by atoms with van der Waals surface area (Å²) in [4.78, 5) is 10.5. The summed E-state index contributed by atoms with van der Waals surface area (Å²) in [5, 5.41) is 18.2. The maximum Gasteiger partial charge on any atom is 0.293 e. The molecule has 0 saturated heterocycles. The highest BCUT2D eigenvalue weighted by Crippen LogP contribution is 2.31. The zero-order valence-electron chi connectivity index (χ0n) is 11.6. The highest BCUT2D eigenvalue weighted by molar-refractivity contribution is 9.10. The molecule has 0 amide bonds. The molecule has 1 aromatic heterocycles. The zero-order valence-corrected chi connectivity index (χ0v) is 13.1. The number of benzene rings is 1. The molecule has 0 radical (unpaired) electrons. The predicted octanol–water partition coefficient (Wildman–Crippen LogP) is 3.40. The molecule has 6 nitrogen and oxygen atoms in total. The van der Waals surface area contributed by atoms with Crippen molar-refractivity contribution in [2.24, 2.45) is 7.05 Å². The van der Waals surface area contributed by atoms with E-state index in [4.69, 9.17) is 0 Å². The molecule has 0 aliphatic rings. The number of nitrogens with zero attached hydrogens (tertiary/aromatic N) is 3. The van der Waals surface area contributed by atoms with Gasteiger partial charge in [0.1, 0.15) is 11.5 Å². The van der Waals surface area contributed by atoms with Gasteiger partial charge in [0.15, 0.2) is 0 Å². The van der Waals surface area contributed by atoms with Crippen molar-refractivity contribution in [2.45, 2.75) is 19.9 Å². The fourth-order valence-corrected chi connectivity index (χ4v) is 2.38. The molecule has 0 aliphatic heterocycles. The Labute approximate surface area is 129 Å². The van der Waals surface area contributed by atoms with Crippen molar-refractivity contribution in [3.8, 4) is 0 Å². The Kier molecular flexibility index (Phi) is 4.56. The molecule has 112 valence electrons. The second-order valence-corrected chi connectivity index (χ2v) is 5.38. The predicted molar refractivity (Wildman–Crippen MR) is 80.7 cm³/mol. The first kappa shape index (κ1) is 15.4. The topological polar surface area (TPSA) is 73.0 Å². The van der Waals surface area contributed by atoms with Gasteiger partial charge in [-0.15, -0.1) is 0 Å². The van der Waals surface area contributed by atoms with Crippen LogP contribution < -0.4 is 5.32 Å². The summed E-state index contributed by atoms with van der Waals surface area (Å²) in [6, 6.07) is 2.27. The maximum absolute atomic E-state index is 13.6. The second kappa shape index (κ2) is 6.21. The molecular weight excluding hydrogens is 343 g/mol. The third-order valence-electron chi connectivity index (χ3n) is 3.03. The van der Waals surface area contributed by atoms with E-state index >= 15 is 0 Å². The van der Waals surface area contributed by atoms with Crippen LogP contribution in [0.5, 0.6) is 0 Å². The van der Waals surface area contributed by atoms with Crippen LogP contribution in [-0.4, -0.2) is 14.7 Å². The van der Waals surface area contributed by atoms with Crippen molar-refractivity contribution in [1.82, 2.24) is 9.78 Å². The van der Waals surface area contributed by atoms with Gasteiger partial charge in [0.2, 0.25) is 0 Å². The van der Waals surface area contributed by atoms with E-state index in [2.05, 4.69) is 26.3 Å². The van der Waals surface area contributed by atoms with Crippen molar-refractivity contribution in [3.63, 3.8) is 0 Å². The fraction of sp³-hybridized carbons (Fsp3) is 0.308. The molecule has 21 heavy (non-hydrogen) atoms. The lowest BCUT2D eigenvalue weighted by atomic mass is 10.2. The molecule has 1 heterocycles. The van der Waals surface area contributed by atoms with Crippen LogP contribution in [0.3, 0.4) is 0 Å². The molecule has 8 heteroatoms. The van der Waals surface area contributed by atoms with Crippen LogP contribution in [0.4, 0.5) is 15.8 Å². The Morgan fingerprint density at radius 1 is 1.52 bits per heavy atom. The maximum atomic E-state index is 13.6. The molecule has 1 N–H and O–H groups in total. The van der Waals surface area contributed by atoms with Gasteiger partial charge in [-0.2, -0.15) is 5.10 Å². The molecule has 0 bridgehead atoms. The zero-order chi connectivity index (χ0) is 15.6. The molecule has 0 spiro atoms. The molecule has 0 unspecified atom stereocenters. The van der Waals surface area contributed by atoms with E-state index in [1.165, 1.54) is 0 Å². The standard InChI is InChI=1S/C13H14BrFN4O2/c1-3-11-8(7-18(2)17-11)6-16-12-5-10(15)9(14)4-13(12)19(20)21/h4-5,7,16H,3,6H2,1-2H3. The van der Waals surface area contributed by atoms with E-state index in [1.54, 1.807) is 4.68 Å². The minimum absolute atomic E-state index is 0.0652. The van der Waals surface area contributed by atoms with Crippen LogP contribution in [0.2, 0.25) is 0 Å². The van der Waals surface area contributed by atoms with Crippen LogP contribution in [0.25, 0.3) is 0 Å². The summed E-state index contributed by atoms with van der Waals surface area (Å²) in [6.45, 7) is 2.33. The Bertz CT molecular complexity index is 687. The summed E-state index contributed by atoms with van der Waals surface area (Å²) >= 11 is 2.95. The highest BCUT2D eigenvalue weighted by atomic mass is 79.9. The van der Waals surface area contributed by atoms with Crippen molar-refractivity contribution in [1.29, 1.82) is 0 Å². The minimum atomic E-state index is -0.551. The van der Waals surface area contributed by atoms with Gasteiger partial charge in [0, 0.05) is 37.5 Å². The van der Waals surface area contributed by atoms with Crippen molar-refractivity contribution in [3.05, 3.63) is 50.0 Å². The van der Waals surface area contributed by atoms with E-state index in [0.29, 0.717) is 6.54 Å². The van der Waals surface area contributed by atoms with E-state index in [0.717, 1.165) is 29.8 Å². The van der Waals surface area contributed by atoms with Crippen molar-refractivity contribution >= 4 is 27.3 Å². The Hall–Kier alpha value is -1.96. The van der Waals surface area contributed by atoms with Crippen LogP contribution >= 0.6 is 15.9 Å². The lowest BCUT2D eigenvalue weighted by Crippen LogP contribution is -2.04. The number of nitrogens with one attached hydrogen (secondary N) is 1. The van der Waals surface area contributed by atoms with Gasteiger partial charge >= 0.3 is 0 Å². The van der Waals surface area contributed by atoms with Gasteiger partial charge in [-0.3, -0.25) is 14.8 Å². The third kappa shape index (κ3) is 3.38. The van der Waals surface area contributed by atoms with E-state index in [-0.39, 0.29) is 15.8 Å². The lowest BCUT2D eigenvalue weighted by molar-refractivity contribution is -0.384. The molecule has 2 rings (SSSR count). The number of aryl methyl sites for hydroxylation is 2. The molecule has 2 aromatic rings. The number of hydrogen-bond acceptors (Lipinski definition) is 4. The number of anilines is 1. The van der Waals surface area contributed by atoms with Crippen LogP contribution in [0.1, 0.15) is 18.2 Å². The monoisotopic (exact) mass is 356 g/mol. The van der Waals surface area contributed by atoms with Crippen LogP contribution in [-0.2, 0) is 20.0 Å². The van der Waals surface area contributed by atoms with Gasteiger partial charge in [-0.25, -0.2) is 4.39 Å². The number of halogens is 2. The number of nitro groups is 1. The number of aromatic nitrogens is 2. The lowest BCUT2D eigenvalue weighted by Gasteiger charge is -2.08. The first-order valence-corrected chi connectivity index (χ1v) is 7.10. The molecule has 0 aliphatic carbocycles. The molecule has 0 saturated carbocycles. The van der Waals surface area contributed by atoms with Crippen LogP contribution in [0.15, 0.2) is 22.8 Å². The molecule has 1 aromatic carbocycles. The Morgan fingerprint density at radius 2 is 2.24 bits per heavy atom. The van der Waals surface area contributed by atoms with E-state index in [1.807, 2.05) is 20.2 Å². The Morgan fingerprint density at radius 3 is 2.86 bits per heavy atom. The molecular formula is C13H14BrFN4O2. The largest absolute Gasteiger partial charge is 0.375 e. The average Bonchev–Trinajstić information content (AvgIpc) is 2.79. The third-order valence-corrected chi connectivity index (χ3v) is 3.64. The van der Waals surface area contributed by atoms with Gasteiger partial charge in [0.25, 0.3) is 5.69 Å². The summed E-state index contributed by atoms with van der Waals surface area (Å²) in [5.41, 5.74) is 1.81. The van der Waals surface area contributed by atoms with Gasteiger partial charge in [-0.05, 0) is 22.4 Å². The first-order valence-electron chi connectivity index (χ1n) is 6.31. The average molecular weight is 357 g/mol. The smallest absolute Gasteiger partial charge is 0.293 e. The highest BCUT2D eigenvalue weighted by Gasteiger charge is 2.18. The van der Waals surface area contributed by atoms with E-state index < -0.39 is 10.7 Å². The Balaban J connectivity index is 2.27. The second-order valence-electron chi connectivity index (χ2n) is 4.52. The van der Waals surface area contributed by atoms with Gasteiger partial charge in [0.05, 0.1) is 15.1 Å². The molecule has 0 atom stereocenters. The summed E-state index contributed by atoms with van der Waals surface area (Å²) in [7, 11) is 1.81. The van der Waals surface area contributed by atoms with Gasteiger partial charge in [-0.1, -0.05) is 6.92 Å². The summed E-state index contributed by atoms with van der Waals surface area (Å²) in [6.07, 6.45) is 2.60. The normalized spacial score (nSPS) is 10.7. The van der Waals surface area contributed by atoms with Crippen molar-refractivity contribution in [2.75, 3.05) is 5.32 Å². The number of nitro benzene ring substituents is 1. The molecule has 0 fully saturated rings.